The summed E-state index contributed by atoms with van der Waals surface area (Å²) in [5, 5.41) is 10.5. The molecule has 1 aromatic rings. The molecule has 0 aliphatic rings. The fraction of sp³-hybridized carbons (Fsp3) is 0.700. The Hall–Kier alpha value is -1.63. The number of hydrogen-bond acceptors (Lipinski definition) is 6. The van der Waals surface area contributed by atoms with Crippen molar-refractivity contribution in [3.05, 3.63) is 5.89 Å². The maximum absolute atomic E-state index is 11.8. The Morgan fingerprint density at radius 3 is 2.88 bits per heavy atom. The summed E-state index contributed by atoms with van der Waals surface area (Å²) in [7, 11) is 1.74. The van der Waals surface area contributed by atoms with Crippen molar-refractivity contribution in [2.45, 2.75) is 26.3 Å². The van der Waals surface area contributed by atoms with Crippen LogP contribution in [0.15, 0.2) is 4.42 Å². The highest BCUT2D eigenvalue weighted by Crippen LogP contribution is 2.08. The average molecular weight is 241 g/mol. The molecule has 0 spiro atoms. The van der Waals surface area contributed by atoms with Gasteiger partial charge in [-0.1, -0.05) is 5.10 Å². The molecule has 96 valence electrons. The number of rotatable bonds is 6. The number of nitrogens with zero attached hydrogens (tertiary/aromatic N) is 3. The highest BCUT2D eigenvalue weighted by atomic mass is 16.4. The topological polar surface area (TPSA) is 97.3 Å². The van der Waals surface area contributed by atoms with Crippen LogP contribution in [0.4, 0.5) is 6.01 Å². The lowest BCUT2D eigenvalue weighted by Gasteiger charge is -2.19. The molecule has 0 radical (unpaired) electrons. The number of nitrogens with two attached hydrogens (primary N) is 1. The third-order valence-corrected chi connectivity index (χ3v) is 2.39. The van der Waals surface area contributed by atoms with Gasteiger partial charge in [0.05, 0.1) is 0 Å². The van der Waals surface area contributed by atoms with Crippen molar-refractivity contribution in [3.8, 4) is 0 Å². The lowest BCUT2D eigenvalue weighted by Crippen LogP contribution is -2.38. The molecule has 1 rings (SSSR count). The Kier molecular flexibility index (Phi) is 4.89. The third kappa shape index (κ3) is 3.70. The van der Waals surface area contributed by atoms with E-state index in [-0.39, 0.29) is 11.9 Å². The molecule has 0 saturated carbocycles. The SMILES string of the molecule is CCN(C)C(=O)C(C)Nc1nnc(CCN)o1. The summed E-state index contributed by atoms with van der Waals surface area (Å²) in [6, 6.07) is -0.148. The third-order valence-electron chi connectivity index (χ3n) is 2.39. The molecular formula is C10H19N5O2. The van der Waals surface area contributed by atoms with Crippen LogP contribution in [0.25, 0.3) is 0 Å². The summed E-state index contributed by atoms with van der Waals surface area (Å²) in [5.41, 5.74) is 5.37. The van der Waals surface area contributed by atoms with Gasteiger partial charge in [-0.05, 0) is 13.8 Å². The van der Waals surface area contributed by atoms with Crippen molar-refractivity contribution in [2.75, 3.05) is 25.5 Å². The van der Waals surface area contributed by atoms with E-state index in [2.05, 4.69) is 15.5 Å². The number of nitrogens with one attached hydrogen (secondary N) is 1. The molecule has 0 saturated heterocycles. The second-order valence-corrected chi connectivity index (χ2v) is 3.76. The fourth-order valence-electron chi connectivity index (χ4n) is 1.27. The number of carbonyl (C=O) groups is 1. The zero-order valence-corrected chi connectivity index (χ0v) is 10.4. The Morgan fingerprint density at radius 1 is 1.59 bits per heavy atom. The van der Waals surface area contributed by atoms with E-state index in [0.717, 1.165) is 0 Å². The van der Waals surface area contributed by atoms with Gasteiger partial charge in [-0.25, -0.2) is 0 Å². The predicted molar refractivity (Wildman–Crippen MR) is 63.5 cm³/mol. The van der Waals surface area contributed by atoms with Crippen molar-refractivity contribution in [3.63, 3.8) is 0 Å². The van der Waals surface area contributed by atoms with Gasteiger partial charge in [0.1, 0.15) is 6.04 Å². The number of hydrogen-bond donors (Lipinski definition) is 2. The number of anilines is 1. The van der Waals surface area contributed by atoms with E-state index < -0.39 is 6.04 Å². The van der Waals surface area contributed by atoms with Crippen LogP contribution < -0.4 is 11.1 Å². The fourth-order valence-corrected chi connectivity index (χ4v) is 1.27. The van der Waals surface area contributed by atoms with Crippen LogP contribution in [0, 0.1) is 0 Å². The minimum Gasteiger partial charge on any atom is -0.408 e. The predicted octanol–water partition coefficient (Wildman–Crippen LogP) is -0.150. The minimum atomic E-state index is -0.397. The molecule has 7 nitrogen and oxygen atoms in total. The Bertz CT molecular complexity index is 365. The number of carbonyl (C=O) groups excluding carboxylic acids is 1. The molecule has 1 aromatic heterocycles. The van der Waals surface area contributed by atoms with Gasteiger partial charge in [0, 0.05) is 26.6 Å². The van der Waals surface area contributed by atoms with E-state index in [1.54, 1.807) is 18.9 Å². The summed E-state index contributed by atoms with van der Waals surface area (Å²) in [5.74, 6) is 0.449. The lowest BCUT2D eigenvalue weighted by molar-refractivity contribution is -0.130. The van der Waals surface area contributed by atoms with Gasteiger partial charge in [0.15, 0.2) is 0 Å². The van der Waals surface area contributed by atoms with Gasteiger partial charge in [-0.3, -0.25) is 4.79 Å². The quantitative estimate of drug-likeness (QED) is 0.719. The first kappa shape index (κ1) is 13.4. The molecule has 1 amide bonds. The second kappa shape index (κ2) is 6.19. The van der Waals surface area contributed by atoms with Crippen molar-refractivity contribution >= 4 is 11.9 Å². The molecule has 1 atom stereocenters. The number of amides is 1. The smallest absolute Gasteiger partial charge is 0.316 e. The highest BCUT2D eigenvalue weighted by molar-refractivity contribution is 5.83. The molecule has 3 N–H and O–H groups in total. The standard InChI is InChI=1S/C10H19N5O2/c1-4-15(3)9(16)7(2)12-10-14-13-8(17-10)5-6-11/h7H,4-6,11H2,1-3H3,(H,12,14). The first-order valence-corrected chi connectivity index (χ1v) is 5.62. The minimum absolute atomic E-state index is 0.0222. The molecule has 0 aromatic carbocycles. The highest BCUT2D eigenvalue weighted by Gasteiger charge is 2.18. The van der Waals surface area contributed by atoms with E-state index in [1.807, 2.05) is 6.92 Å². The van der Waals surface area contributed by atoms with Gasteiger partial charge in [-0.2, -0.15) is 0 Å². The average Bonchev–Trinajstić information content (AvgIpc) is 2.75. The summed E-state index contributed by atoms with van der Waals surface area (Å²) < 4.78 is 5.27. The Morgan fingerprint density at radius 2 is 2.29 bits per heavy atom. The second-order valence-electron chi connectivity index (χ2n) is 3.76. The lowest BCUT2D eigenvalue weighted by atomic mass is 10.3. The van der Waals surface area contributed by atoms with Crippen LogP contribution in [-0.2, 0) is 11.2 Å². The van der Waals surface area contributed by atoms with Crippen LogP contribution in [0.2, 0.25) is 0 Å². The van der Waals surface area contributed by atoms with Crippen molar-refractivity contribution in [1.29, 1.82) is 0 Å². The molecule has 1 heterocycles. The molecular weight excluding hydrogens is 222 g/mol. The maximum Gasteiger partial charge on any atom is 0.316 e. The van der Waals surface area contributed by atoms with E-state index in [9.17, 15) is 4.79 Å². The normalized spacial score (nSPS) is 12.2. The van der Waals surface area contributed by atoms with Crippen LogP contribution in [0.1, 0.15) is 19.7 Å². The largest absolute Gasteiger partial charge is 0.408 e. The number of likely N-dealkylation sites (N-methyl/N-ethyl adjacent to an activating group) is 1. The zero-order valence-electron chi connectivity index (χ0n) is 10.4. The van der Waals surface area contributed by atoms with Crippen LogP contribution in [-0.4, -0.2) is 47.2 Å². The molecule has 0 fully saturated rings. The maximum atomic E-state index is 11.8. The van der Waals surface area contributed by atoms with E-state index in [1.165, 1.54) is 0 Å². The van der Waals surface area contributed by atoms with Gasteiger partial charge in [0.25, 0.3) is 0 Å². The summed E-state index contributed by atoms with van der Waals surface area (Å²) in [6.45, 7) is 4.78. The summed E-state index contributed by atoms with van der Waals surface area (Å²) in [6.07, 6.45) is 0.534. The van der Waals surface area contributed by atoms with Gasteiger partial charge < -0.3 is 20.4 Å². The van der Waals surface area contributed by atoms with Crippen molar-refractivity contribution < 1.29 is 9.21 Å². The van der Waals surface area contributed by atoms with Gasteiger partial charge >= 0.3 is 6.01 Å². The van der Waals surface area contributed by atoms with E-state index in [0.29, 0.717) is 25.4 Å². The molecule has 1 unspecified atom stereocenters. The first-order valence-electron chi connectivity index (χ1n) is 5.62. The number of aromatic nitrogens is 2. The van der Waals surface area contributed by atoms with Crippen LogP contribution in [0.5, 0.6) is 0 Å². The van der Waals surface area contributed by atoms with Crippen LogP contribution in [0.3, 0.4) is 0 Å². The molecule has 0 bridgehead atoms. The van der Waals surface area contributed by atoms with Crippen LogP contribution >= 0.6 is 0 Å². The molecule has 7 heteroatoms. The van der Waals surface area contributed by atoms with Gasteiger partial charge in [0.2, 0.25) is 11.8 Å². The van der Waals surface area contributed by atoms with E-state index >= 15 is 0 Å². The first-order chi connectivity index (χ1) is 8.08. The Labute approximate surface area is 100 Å². The van der Waals surface area contributed by atoms with Crippen molar-refractivity contribution in [2.24, 2.45) is 5.73 Å². The molecule has 0 aliphatic carbocycles. The molecule has 17 heavy (non-hydrogen) atoms. The monoisotopic (exact) mass is 241 g/mol. The molecule has 0 aliphatic heterocycles. The van der Waals surface area contributed by atoms with Gasteiger partial charge in [-0.15, -0.1) is 5.10 Å². The Balaban J connectivity index is 2.55. The van der Waals surface area contributed by atoms with E-state index in [4.69, 9.17) is 10.2 Å². The summed E-state index contributed by atoms with van der Waals surface area (Å²) in [4.78, 5) is 13.4. The zero-order chi connectivity index (χ0) is 12.8. The van der Waals surface area contributed by atoms with Crippen molar-refractivity contribution in [1.82, 2.24) is 15.1 Å². The summed E-state index contributed by atoms with van der Waals surface area (Å²) >= 11 is 0.